The molecule has 2 aliphatic rings. The first-order valence-electron chi connectivity index (χ1n) is 13.4. The van der Waals surface area contributed by atoms with Crippen LogP contribution >= 0.6 is 0 Å². The van der Waals surface area contributed by atoms with Gasteiger partial charge in [-0.15, -0.1) is 0 Å². The first kappa shape index (κ1) is 26.3. The third-order valence-electron chi connectivity index (χ3n) is 7.86. The van der Waals surface area contributed by atoms with E-state index in [0.29, 0.717) is 42.2 Å². The number of carbonyl (C=O) groups excluding carboxylic acids is 1. The Kier molecular flexibility index (Phi) is 6.97. The summed E-state index contributed by atoms with van der Waals surface area (Å²) in [4.78, 5) is 28.9. The Morgan fingerprint density at radius 2 is 2.02 bits per heavy atom. The van der Waals surface area contributed by atoms with Gasteiger partial charge in [-0.2, -0.15) is 0 Å². The summed E-state index contributed by atoms with van der Waals surface area (Å²) in [5.41, 5.74) is 5.01. The Morgan fingerprint density at radius 3 is 2.75 bits per heavy atom. The van der Waals surface area contributed by atoms with Crippen molar-refractivity contribution in [2.75, 3.05) is 47.5 Å². The molecule has 6 rings (SSSR count). The highest BCUT2D eigenvalue weighted by atomic mass is 19.1. The molecule has 2 aliphatic heterocycles. The molecule has 0 bridgehead atoms. The van der Waals surface area contributed by atoms with Crippen molar-refractivity contribution in [3.05, 3.63) is 65.0 Å². The molecule has 1 atom stereocenters. The summed E-state index contributed by atoms with van der Waals surface area (Å²) in [6, 6.07) is 6.42. The van der Waals surface area contributed by atoms with Crippen molar-refractivity contribution in [1.29, 1.82) is 0 Å². The van der Waals surface area contributed by atoms with Crippen LogP contribution in [0.4, 0.5) is 8.78 Å². The van der Waals surface area contributed by atoms with Crippen LogP contribution in [-0.4, -0.2) is 78.2 Å². The van der Waals surface area contributed by atoms with Gasteiger partial charge in [0.25, 0.3) is 5.91 Å². The summed E-state index contributed by atoms with van der Waals surface area (Å²) >= 11 is 0. The molecule has 1 saturated heterocycles. The van der Waals surface area contributed by atoms with Crippen LogP contribution in [0.2, 0.25) is 0 Å². The second-order valence-electron chi connectivity index (χ2n) is 10.7. The number of methoxy groups -OCH3 is 1. The fourth-order valence-corrected chi connectivity index (χ4v) is 5.67. The summed E-state index contributed by atoms with van der Waals surface area (Å²) in [7, 11) is 5.30. The predicted molar refractivity (Wildman–Crippen MR) is 147 cm³/mol. The smallest absolute Gasteiger partial charge is 0.259 e. The van der Waals surface area contributed by atoms with Gasteiger partial charge in [0, 0.05) is 62.1 Å². The predicted octanol–water partition coefficient (Wildman–Crippen LogP) is 4.68. The largest absolute Gasteiger partial charge is 0.496 e. The zero-order valence-electron chi connectivity index (χ0n) is 22.8. The molecule has 40 heavy (non-hydrogen) atoms. The summed E-state index contributed by atoms with van der Waals surface area (Å²) in [5, 5.41) is 0. The number of benzene rings is 2. The number of hydrogen-bond acceptors (Lipinski definition) is 6. The number of nitrogens with zero attached hydrogens (tertiary/aromatic N) is 4. The van der Waals surface area contributed by atoms with E-state index >= 15 is 8.78 Å². The van der Waals surface area contributed by atoms with Gasteiger partial charge in [-0.3, -0.25) is 4.79 Å². The molecule has 208 valence electrons. The number of likely N-dealkylation sites (N-methyl/N-ethyl adjacent to an activating group) is 1. The number of nitrogens with one attached hydrogen (secondary N) is 1. The molecule has 0 saturated carbocycles. The van der Waals surface area contributed by atoms with Crippen LogP contribution in [0.1, 0.15) is 27.9 Å². The van der Waals surface area contributed by atoms with Crippen LogP contribution in [0.5, 0.6) is 5.75 Å². The third-order valence-corrected chi connectivity index (χ3v) is 7.86. The Hall–Kier alpha value is -3.89. The Bertz CT molecular complexity index is 1560. The zero-order valence-corrected chi connectivity index (χ0v) is 22.8. The van der Waals surface area contributed by atoms with Gasteiger partial charge >= 0.3 is 0 Å². The maximum absolute atomic E-state index is 15.3. The van der Waals surface area contributed by atoms with Gasteiger partial charge in [0.1, 0.15) is 28.5 Å². The first-order chi connectivity index (χ1) is 19.3. The van der Waals surface area contributed by atoms with Crippen LogP contribution in [0.15, 0.2) is 36.7 Å². The fourth-order valence-electron chi connectivity index (χ4n) is 5.67. The number of hydrogen-bond donors (Lipinski definition) is 1. The topological polar surface area (TPSA) is 83.6 Å². The van der Waals surface area contributed by atoms with Crippen molar-refractivity contribution in [2.45, 2.75) is 19.4 Å². The lowest BCUT2D eigenvalue weighted by Gasteiger charge is -2.27. The SMILES string of the molecule is COc1cc(-c2cnc3[nH]cc(-c4cc(F)c(C(=O)N(C)CC5CCOC5)c(F)c4)c3n2)cc2c1CN(C)CC2. The van der Waals surface area contributed by atoms with Crippen molar-refractivity contribution >= 4 is 17.1 Å². The minimum atomic E-state index is -0.919. The zero-order chi connectivity index (χ0) is 28.0. The number of fused-ring (bicyclic) bond motifs is 2. The number of H-pyrrole nitrogens is 1. The van der Waals surface area contributed by atoms with E-state index < -0.39 is 23.1 Å². The number of carbonyl (C=O) groups is 1. The maximum Gasteiger partial charge on any atom is 0.259 e. The van der Waals surface area contributed by atoms with Crippen molar-refractivity contribution in [3.8, 4) is 28.1 Å². The van der Waals surface area contributed by atoms with Crippen molar-refractivity contribution in [1.82, 2.24) is 24.8 Å². The van der Waals surface area contributed by atoms with Gasteiger partial charge < -0.3 is 24.3 Å². The monoisotopic (exact) mass is 547 g/mol. The van der Waals surface area contributed by atoms with Gasteiger partial charge in [0.15, 0.2) is 5.65 Å². The quantitative estimate of drug-likeness (QED) is 0.378. The molecule has 1 amide bonds. The number of rotatable bonds is 6. The van der Waals surface area contributed by atoms with Gasteiger partial charge in [-0.25, -0.2) is 18.7 Å². The lowest BCUT2D eigenvalue weighted by molar-refractivity contribution is 0.0756. The molecular weight excluding hydrogens is 516 g/mol. The molecule has 4 aromatic rings. The normalized spacial score (nSPS) is 17.3. The first-order valence-corrected chi connectivity index (χ1v) is 13.4. The van der Waals surface area contributed by atoms with E-state index in [4.69, 9.17) is 14.5 Å². The van der Waals surface area contributed by atoms with Gasteiger partial charge in [0.2, 0.25) is 0 Å². The van der Waals surface area contributed by atoms with E-state index in [1.54, 1.807) is 26.6 Å². The van der Waals surface area contributed by atoms with Crippen LogP contribution < -0.4 is 4.74 Å². The van der Waals surface area contributed by atoms with E-state index in [1.165, 1.54) is 28.2 Å². The number of aromatic amines is 1. The van der Waals surface area contributed by atoms with Crippen molar-refractivity contribution in [3.63, 3.8) is 0 Å². The molecule has 1 fully saturated rings. The van der Waals surface area contributed by atoms with Crippen LogP contribution in [-0.2, 0) is 17.7 Å². The average molecular weight is 548 g/mol. The Balaban J connectivity index is 1.34. The number of aromatic nitrogens is 3. The molecule has 8 nitrogen and oxygen atoms in total. The number of halogens is 2. The summed E-state index contributed by atoms with van der Waals surface area (Å²) in [6.07, 6.45) is 5.02. The molecule has 1 unspecified atom stereocenters. The summed E-state index contributed by atoms with van der Waals surface area (Å²) in [6.45, 7) is 3.32. The van der Waals surface area contributed by atoms with Gasteiger partial charge in [0.05, 0.1) is 25.6 Å². The molecule has 2 aromatic carbocycles. The van der Waals surface area contributed by atoms with Crippen LogP contribution in [0.25, 0.3) is 33.5 Å². The second-order valence-corrected chi connectivity index (χ2v) is 10.7. The minimum absolute atomic E-state index is 0.162. The summed E-state index contributed by atoms with van der Waals surface area (Å²) in [5.74, 6) is -1.57. The number of amides is 1. The maximum atomic E-state index is 15.3. The highest BCUT2D eigenvalue weighted by molar-refractivity contribution is 5.96. The van der Waals surface area contributed by atoms with E-state index in [1.807, 2.05) is 6.07 Å². The molecule has 0 spiro atoms. The summed E-state index contributed by atoms with van der Waals surface area (Å²) < 4.78 is 41.6. The Labute approximate surface area is 230 Å². The molecular formula is C30H31F2N5O3. The van der Waals surface area contributed by atoms with E-state index in [2.05, 4.69) is 28.0 Å². The minimum Gasteiger partial charge on any atom is -0.496 e. The highest BCUT2D eigenvalue weighted by Crippen LogP contribution is 2.35. The van der Waals surface area contributed by atoms with E-state index in [0.717, 1.165) is 37.2 Å². The molecule has 0 radical (unpaired) electrons. The van der Waals surface area contributed by atoms with Gasteiger partial charge in [-0.05, 0) is 55.3 Å². The fraction of sp³-hybridized carbons (Fsp3) is 0.367. The van der Waals surface area contributed by atoms with Gasteiger partial charge in [-0.1, -0.05) is 0 Å². The van der Waals surface area contributed by atoms with Crippen LogP contribution in [0, 0.1) is 17.6 Å². The van der Waals surface area contributed by atoms with Crippen LogP contribution in [0.3, 0.4) is 0 Å². The molecule has 1 N–H and O–H groups in total. The molecule has 2 aromatic heterocycles. The van der Waals surface area contributed by atoms with E-state index in [-0.39, 0.29) is 11.5 Å². The average Bonchev–Trinajstić information content (AvgIpc) is 3.61. The highest BCUT2D eigenvalue weighted by Gasteiger charge is 2.26. The third kappa shape index (κ3) is 4.82. The second kappa shape index (κ2) is 10.6. The molecule has 0 aliphatic carbocycles. The molecule has 10 heteroatoms. The van der Waals surface area contributed by atoms with Crippen molar-refractivity contribution in [2.24, 2.45) is 5.92 Å². The standard InChI is InChI=1S/C30H31F2N5O3/c1-36-6-4-18-8-20(11-26(39-3)22(18)15-36)25-13-34-29-28(35-25)21(12-33-29)19-9-23(31)27(24(32)10-19)30(38)37(2)14-17-5-7-40-16-17/h8-13,17H,4-7,14-16H2,1-3H3,(H,33,34). The lowest BCUT2D eigenvalue weighted by Crippen LogP contribution is -2.33. The lowest BCUT2D eigenvalue weighted by atomic mass is 9.95. The number of ether oxygens (including phenoxy) is 2. The van der Waals surface area contributed by atoms with E-state index in [9.17, 15) is 4.79 Å². The Morgan fingerprint density at radius 1 is 1.23 bits per heavy atom. The molecule has 4 heterocycles. The van der Waals surface area contributed by atoms with Crippen molar-refractivity contribution < 1.29 is 23.0 Å².